The van der Waals surface area contributed by atoms with Gasteiger partial charge in [-0.2, -0.15) is 0 Å². The smallest absolute Gasteiger partial charge is 0.127 e. The second kappa shape index (κ2) is 6.11. The molecule has 2 aromatic rings. The van der Waals surface area contributed by atoms with Crippen LogP contribution in [0.2, 0.25) is 0 Å². The fourth-order valence-corrected chi connectivity index (χ4v) is 2.31. The molecule has 0 saturated carbocycles. The highest BCUT2D eigenvalue weighted by molar-refractivity contribution is 5.88. The minimum atomic E-state index is 0.787. The lowest BCUT2D eigenvalue weighted by Gasteiger charge is -2.17. The minimum absolute atomic E-state index is 0.787. The molecule has 2 nitrogen and oxygen atoms in total. The van der Waals surface area contributed by atoms with E-state index < -0.39 is 0 Å². The van der Waals surface area contributed by atoms with E-state index in [1.54, 1.807) is 14.2 Å². The summed E-state index contributed by atoms with van der Waals surface area (Å²) >= 11 is 0. The van der Waals surface area contributed by atoms with Crippen LogP contribution in [0, 0.1) is 0 Å². The van der Waals surface area contributed by atoms with Crippen molar-refractivity contribution in [1.29, 1.82) is 0 Å². The average Bonchev–Trinajstić information content (AvgIpc) is 2.52. The van der Waals surface area contributed by atoms with E-state index in [1.807, 2.05) is 48.6 Å². The highest BCUT2D eigenvalue weighted by atomic mass is 16.5. The quantitative estimate of drug-likeness (QED) is 0.783. The van der Waals surface area contributed by atoms with E-state index in [0.29, 0.717) is 0 Å². The molecule has 102 valence electrons. The highest BCUT2D eigenvalue weighted by Crippen LogP contribution is 2.41. The maximum atomic E-state index is 5.50. The van der Waals surface area contributed by atoms with E-state index in [0.717, 1.165) is 33.8 Å². The average molecular weight is 266 g/mol. The SMILES string of the molecule is C=Cc1cccc(OC)c1-c1c(C=C)cccc1OC. The first-order chi connectivity index (χ1) is 9.76. The molecular formula is C18H18O2. The van der Waals surface area contributed by atoms with Gasteiger partial charge in [0.2, 0.25) is 0 Å². The van der Waals surface area contributed by atoms with E-state index in [-0.39, 0.29) is 0 Å². The fourth-order valence-electron chi connectivity index (χ4n) is 2.31. The summed E-state index contributed by atoms with van der Waals surface area (Å²) in [5.74, 6) is 1.57. The van der Waals surface area contributed by atoms with Crippen LogP contribution in [0.5, 0.6) is 11.5 Å². The zero-order chi connectivity index (χ0) is 14.5. The molecule has 2 aromatic carbocycles. The number of ether oxygens (including phenoxy) is 2. The molecule has 0 aliphatic heterocycles. The molecule has 0 bridgehead atoms. The molecule has 0 fully saturated rings. The van der Waals surface area contributed by atoms with E-state index in [9.17, 15) is 0 Å². The van der Waals surface area contributed by atoms with Crippen LogP contribution in [0.15, 0.2) is 49.6 Å². The van der Waals surface area contributed by atoms with Crippen molar-refractivity contribution >= 4 is 12.2 Å². The predicted molar refractivity (Wildman–Crippen MR) is 85.2 cm³/mol. The molecule has 0 unspecified atom stereocenters. The number of hydrogen-bond donors (Lipinski definition) is 0. The third-order valence-electron chi connectivity index (χ3n) is 3.25. The molecule has 0 radical (unpaired) electrons. The van der Waals surface area contributed by atoms with Crippen molar-refractivity contribution in [3.63, 3.8) is 0 Å². The van der Waals surface area contributed by atoms with Gasteiger partial charge in [-0.25, -0.2) is 0 Å². The van der Waals surface area contributed by atoms with Crippen molar-refractivity contribution in [3.05, 3.63) is 60.7 Å². The first kappa shape index (κ1) is 13.9. The van der Waals surface area contributed by atoms with Crippen molar-refractivity contribution in [2.24, 2.45) is 0 Å². The van der Waals surface area contributed by atoms with Crippen LogP contribution in [0.25, 0.3) is 23.3 Å². The van der Waals surface area contributed by atoms with E-state index in [1.165, 1.54) is 0 Å². The lowest BCUT2D eigenvalue weighted by atomic mass is 9.93. The van der Waals surface area contributed by atoms with Crippen molar-refractivity contribution < 1.29 is 9.47 Å². The summed E-state index contributed by atoms with van der Waals surface area (Å²) in [7, 11) is 3.32. The zero-order valence-electron chi connectivity index (χ0n) is 11.8. The largest absolute Gasteiger partial charge is 0.496 e. The van der Waals surface area contributed by atoms with Gasteiger partial charge < -0.3 is 9.47 Å². The second-order valence-electron chi connectivity index (χ2n) is 4.26. The summed E-state index contributed by atoms with van der Waals surface area (Å²) in [5, 5.41) is 0. The van der Waals surface area contributed by atoms with Gasteiger partial charge in [0, 0.05) is 11.1 Å². The number of rotatable bonds is 5. The van der Waals surface area contributed by atoms with Crippen molar-refractivity contribution in [2.45, 2.75) is 0 Å². The molecule has 0 saturated heterocycles. The molecule has 0 N–H and O–H groups in total. The molecule has 0 aliphatic rings. The van der Waals surface area contributed by atoms with Crippen LogP contribution < -0.4 is 9.47 Å². The predicted octanol–water partition coefficient (Wildman–Crippen LogP) is 4.66. The summed E-state index contributed by atoms with van der Waals surface area (Å²) in [4.78, 5) is 0. The summed E-state index contributed by atoms with van der Waals surface area (Å²) in [6.45, 7) is 7.76. The Bertz CT molecular complexity index is 584. The number of methoxy groups -OCH3 is 2. The number of hydrogen-bond acceptors (Lipinski definition) is 2. The maximum Gasteiger partial charge on any atom is 0.127 e. The Hall–Kier alpha value is -2.48. The van der Waals surface area contributed by atoms with E-state index in [2.05, 4.69) is 13.2 Å². The Morgan fingerprint density at radius 1 is 0.750 bits per heavy atom. The Balaban J connectivity index is 2.86. The molecule has 0 heterocycles. The van der Waals surface area contributed by atoms with Gasteiger partial charge in [-0.05, 0) is 23.3 Å². The van der Waals surface area contributed by atoms with Gasteiger partial charge in [0.1, 0.15) is 11.5 Å². The summed E-state index contributed by atoms with van der Waals surface area (Å²) in [6.07, 6.45) is 3.63. The summed E-state index contributed by atoms with van der Waals surface area (Å²) in [6, 6.07) is 11.8. The van der Waals surface area contributed by atoms with Crippen LogP contribution in [-0.4, -0.2) is 14.2 Å². The van der Waals surface area contributed by atoms with Crippen LogP contribution in [0.3, 0.4) is 0 Å². The van der Waals surface area contributed by atoms with Gasteiger partial charge in [-0.15, -0.1) is 0 Å². The van der Waals surface area contributed by atoms with Crippen molar-refractivity contribution in [1.82, 2.24) is 0 Å². The molecule has 0 aromatic heterocycles. The first-order valence-corrected chi connectivity index (χ1v) is 6.36. The Morgan fingerprint density at radius 2 is 1.15 bits per heavy atom. The summed E-state index contributed by atoms with van der Waals surface area (Å²) < 4.78 is 11.0. The molecule has 0 amide bonds. The highest BCUT2D eigenvalue weighted by Gasteiger charge is 2.16. The van der Waals surface area contributed by atoms with E-state index >= 15 is 0 Å². The molecule has 20 heavy (non-hydrogen) atoms. The normalized spacial score (nSPS) is 9.90. The molecule has 0 spiro atoms. The van der Waals surface area contributed by atoms with Crippen molar-refractivity contribution in [3.8, 4) is 22.6 Å². The van der Waals surface area contributed by atoms with Gasteiger partial charge in [0.25, 0.3) is 0 Å². The third-order valence-corrected chi connectivity index (χ3v) is 3.25. The molecule has 2 heteroatoms. The Kier molecular flexibility index (Phi) is 4.26. The van der Waals surface area contributed by atoms with Gasteiger partial charge in [0.05, 0.1) is 14.2 Å². The number of benzene rings is 2. The molecule has 0 aliphatic carbocycles. The van der Waals surface area contributed by atoms with Crippen LogP contribution in [-0.2, 0) is 0 Å². The lowest BCUT2D eigenvalue weighted by Crippen LogP contribution is -1.96. The monoisotopic (exact) mass is 266 g/mol. The van der Waals surface area contributed by atoms with Crippen LogP contribution in [0.1, 0.15) is 11.1 Å². The minimum Gasteiger partial charge on any atom is -0.496 e. The zero-order valence-corrected chi connectivity index (χ0v) is 11.8. The Labute approximate surface area is 120 Å². The molecule has 0 atom stereocenters. The standard InChI is InChI=1S/C18H18O2/c1-5-13-9-7-11-15(19-3)17(13)18-14(6-2)10-8-12-16(18)20-4/h5-12H,1-2H2,3-4H3. The maximum absolute atomic E-state index is 5.50. The van der Waals surface area contributed by atoms with Gasteiger partial charge in [-0.1, -0.05) is 49.6 Å². The topological polar surface area (TPSA) is 18.5 Å². The van der Waals surface area contributed by atoms with Gasteiger partial charge in [0.15, 0.2) is 0 Å². The van der Waals surface area contributed by atoms with Gasteiger partial charge in [-0.3, -0.25) is 0 Å². The molecule has 2 rings (SSSR count). The Morgan fingerprint density at radius 3 is 1.45 bits per heavy atom. The van der Waals surface area contributed by atoms with Crippen LogP contribution >= 0.6 is 0 Å². The van der Waals surface area contributed by atoms with Crippen molar-refractivity contribution in [2.75, 3.05) is 14.2 Å². The third kappa shape index (κ3) is 2.32. The second-order valence-corrected chi connectivity index (χ2v) is 4.26. The molecular weight excluding hydrogens is 248 g/mol. The van der Waals surface area contributed by atoms with Gasteiger partial charge >= 0.3 is 0 Å². The van der Waals surface area contributed by atoms with E-state index in [4.69, 9.17) is 9.47 Å². The fraction of sp³-hybridized carbons (Fsp3) is 0.111. The summed E-state index contributed by atoms with van der Waals surface area (Å²) in [5.41, 5.74) is 3.93. The first-order valence-electron chi connectivity index (χ1n) is 6.36. The lowest BCUT2D eigenvalue weighted by molar-refractivity contribution is 0.410. The van der Waals surface area contributed by atoms with Crippen LogP contribution in [0.4, 0.5) is 0 Å².